The molecule has 0 unspecified atom stereocenters. The van der Waals surface area contributed by atoms with E-state index in [9.17, 15) is 0 Å². The number of benzene rings is 1. The molecule has 1 aromatic heterocycles. The van der Waals surface area contributed by atoms with Crippen molar-refractivity contribution in [2.75, 3.05) is 5.75 Å². The lowest BCUT2D eigenvalue weighted by Gasteiger charge is -2.09. The number of hydrogen-bond acceptors (Lipinski definition) is 4. The predicted octanol–water partition coefficient (Wildman–Crippen LogP) is 6.44. The SMILES string of the molecule is CCCCCCSSc1c(C)cccc1-c1nccs1. The van der Waals surface area contributed by atoms with Crippen molar-refractivity contribution in [3.8, 4) is 10.6 Å². The van der Waals surface area contributed by atoms with Crippen molar-refractivity contribution in [3.63, 3.8) is 0 Å². The van der Waals surface area contributed by atoms with Gasteiger partial charge in [-0.25, -0.2) is 4.98 Å². The number of unbranched alkanes of at least 4 members (excludes halogenated alkanes) is 3. The standard InChI is InChI=1S/C16H21NS3/c1-3-4-5-6-11-19-20-15-13(2)8-7-9-14(15)16-17-10-12-18-16/h7-10,12H,3-6,11H2,1-2H3. The zero-order valence-corrected chi connectivity index (χ0v) is 14.5. The molecule has 0 saturated carbocycles. The van der Waals surface area contributed by atoms with E-state index in [4.69, 9.17) is 0 Å². The maximum Gasteiger partial charge on any atom is 0.124 e. The van der Waals surface area contributed by atoms with Crippen molar-refractivity contribution in [1.82, 2.24) is 4.98 Å². The van der Waals surface area contributed by atoms with Gasteiger partial charge in [-0.3, -0.25) is 0 Å². The molecular weight excluding hydrogens is 302 g/mol. The van der Waals surface area contributed by atoms with E-state index in [1.165, 1.54) is 47.5 Å². The first kappa shape index (κ1) is 15.9. The molecule has 20 heavy (non-hydrogen) atoms. The lowest BCUT2D eigenvalue weighted by molar-refractivity contribution is 0.707. The molecular formula is C16H21NS3. The van der Waals surface area contributed by atoms with Gasteiger partial charge in [0.1, 0.15) is 5.01 Å². The Kier molecular flexibility index (Phi) is 6.97. The minimum atomic E-state index is 1.13. The van der Waals surface area contributed by atoms with Gasteiger partial charge in [0.15, 0.2) is 0 Å². The molecule has 1 heterocycles. The van der Waals surface area contributed by atoms with Crippen LogP contribution in [0, 0.1) is 6.92 Å². The summed E-state index contributed by atoms with van der Waals surface area (Å²) in [6.45, 7) is 4.45. The third-order valence-corrected chi connectivity index (χ3v) is 6.54. The summed E-state index contributed by atoms with van der Waals surface area (Å²) in [7, 11) is 3.89. The molecule has 0 aliphatic heterocycles. The molecule has 2 aromatic rings. The van der Waals surface area contributed by atoms with E-state index in [1.807, 2.05) is 33.2 Å². The normalized spacial score (nSPS) is 10.9. The summed E-state index contributed by atoms with van der Waals surface area (Å²) in [6, 6.07) is 6.50. The molecule has 0 spiro atoms. The van der Waals surface area contributed by atoms with Gasteiger partial charge in [-0.15, -0.1) is 11.3 Å². The molecule has 1 nitrogen and oxygen atoms in total. The summed E-state index contributed by atoms with van der Waals surface area (Å²) in [6.07, 6.45) is 7.24. The lowest BCUT2D eigenvalue weighted by Crippen LogP contribution is -1.85. The predicted molar refractivity (Wildman–Crippen MR) is 94.7 cm³/mol. The van der Waals surface area contributed by atoms with Crippen molar-refractivity contribution in [2.45, 2.75) is 44.4 Å². The Bertz CT molecular complexity index is 508. The second-order valence-corrected chi connectivity index (χ2v) is 8.08. The monoisotopic (exact) mass is 323 g/mol. The van der Waals surface area contributed by atoms with Crippen LogP contribution in [0.4, 0.5) is 0 Å². The first-order chi connectivity index (χ1) is 9.83. The maximum atomic E-state index is 4.45. The Labute approximate surface area is 134 Å². The van der Waals surface area contributed by atoms with Crippen LogP contribution in [0.5, 0.6) is 0 Å². The van der Waals surface area contributed by atoms with Crippen molar-refractivity contribution in [1.29, 1.82) is 0 Å². The number of rotatable bonds is 8. The molecule has 0 radical (unpaired) electrons. The van der Waals surface area contributed by atoms with Crippen molar-refractivity contribution < 1.29 is 0 Å². The number of aromatic nitrogens is 1. The second-order valence-electron chi connectivity index (χ2n) is 4.75. The Morgan fingerprint density at radius 3 is 2.85 bits per heavy atom. The summed E-state index contributed by atoms with van der Waals surface area (Å²) in [4.78, 5) is 5.83. The molecule has 0 amide bonds. The Balaban J connectivity index is 1.97. The summed E-state index contributed by atoms with van der Waals surface area (Å²) in [5, 5.41) is 3.17. The average molecular weight is 324 g/mol. The Morgan fingerprint density at radius 2 is 2.10 bits per heavy atom. The van der Waals surface area contributed by atoms with Crippen LogP contribution in [0.1, 0.15) is 38.2 Å². The van der Waals surface area contributed by atoms with Crippen molar-refractivity contribution in [2.24, 2.45) is 0 Å². The topological polar surface area (TPSA) is 12.9 Å². The summed E-state index contributed by atoms with van der Waals surface area (Å²) < 4.78 is 0. The third kappa shape index (κ3) is 4.54. The molecule has 0 aliphatic carbocycles. The van der Waals surface area contributed by atoms with E-state index in [1.54, 1.807) is 11.3 Å². The average Bonchev–Trinajstić information content (AvgIpc) is 2.98. The number of thiazole rings is 1. The zero-order valence-electron chi connectivity index (χ0n) is 12.1. The van der Waals surface area contributed by atoms with Gasteiger partial charge >= 0.3 is 0 Å². The van der Waals surface area contributed by atoms with Crippen LogP contribution in [0.3, 0.4) is 0 Å². The van der Waals surface area contributed by atoms with Crippen LogP contribution in [-0.2, 0) is 0 Å². The highest BCUT2D eigenvalue weighted by atomic mass is 33.1. The fourth-order valence-electron chi connectivity index (χ4n) is 1.98. The van der Waals surface area contributed by atoms with Crippen LogP contribution in [0.25, 0.3) is 10.6 Å². The molecule has 0 aliphatic rings. The van der Waals surface area contributed by atoms with Crippen LogP contribution in [-0.4, -0.2) is 10.7 Å². The maximum absolute atomic E-state index is 4.45. The van der Waals surface area contributed by atoms with Gasteiger partial charge in [-0.1, -0.05) is 66.0 Å². The highest BCUT2D eigenvalue weighted by Crippen LogP contribution is 2.41. The van der Waals surface area contributed by atoms with Crippen LogP contribution in [0.2, 0.25) is 0 Å². The number of aryl methyl sites for hydroxylation is 1. The molecule has 0 atom stereocenters. The zero-order chi connectivity index (χ0) is 14.2. The highest BCUT2D eigenvalue weighted by Gasteiger charge is 2.10. The van der Waals surface area contributed by atoms with Gasteiger partial charge in [0.25, 0.3) is 0 Å². The molecule has 1 aromatic carbocycles. The van der Waals surface area contributed by atoms with Gasteiger partial charge in [0, 0.05) is 27.8 Å². The highest BCUT2D eigenvalue weighted by molar-refractivity contribution is 8.76. The minimum Gasteiger partial charge on any atom is -0.245 e. The summed E-state index contributed by atoms with van der Waals surface area (Å²) in [5.41, 5.74) is 2.63. The van der Waals surface area contributed by atoms with E-state index < -0.39 is 0 Å². The molecule has 2 rings (SSSR count). The second kappa shape index (κ2) is 8.75. The summed E-state index contributed by atoms with van der Waals surface area (Å²) >= 11 is 1.72. The van der Waals surface area contributed by atoms with Crippen LogP contribution in [0.15, 0.2) is 34.7 Å². The van der Waals surface area contributed by atoms with Gasteiger partial charge in [0.2, 0.25) is 0 Å². The summed E-state index contributed by atoms with van der Waals surface area (Å²) in [5.74, 6) is 1.23. The van der Waals surface area contributed by atoms with Gasteiger partial charge in [-0.2, -0.15) is 0 Å². The van der Waals surface area contributed by atoms with Gasteiger partial charge in [0.05, 0.1) is 0 Å². The molecule has 0 saturated heterocycles. The molecule has 0 fully saturated rings. The van der Waals surface area contributed by atoms with Crippen molar-refractivity contribution >= 4 is 32.9 Å². The van der Waals surface area contributed by atoms with E-state index in [2.05, 4.69) is 37.0 Å². The largest absolute Gasteiger partial charge is 0.245 e. The van der Waals surface area contributed by atoms with Crippen molar-refractivity contribution in [3.05, 3.63) is 35.3 Å². The van der Waals surface area contributed by atoms with Gasteiger partial charge < -0.3 is 0 Å². The fraction of sp³-hybridized carbons (Fsp3) is 0.438. The van der Waals surface area contributed by atoms with Crippen LogP contribution >= 0.6 is 32.9 Å². The molecule has 0 bridgehead atoms. The number of hydrogen-bond donors (Lipinski definition) is 0. The lowest BCUT2D eigenvalue weighted by atomic mass is 10.1. The fourth-order valence-corrected chi connectivity index (χ4v) is 5.31. The molecule has 108 valence electrons. The smallest absolute Gasteiger partial charge is 0.124 e. The minimum absolute atomic E-state index is 1.13. The van der Waals surface area contributed by atoms with Crippen LogP contribution < -0.4 is 0 Å². The quantitative estimate of drug-likeness (QED) is 0.410. The van der Waals surface area contributed by atoms with E-state index in [0.717, 1.165) is 5.01 Å². The van der Waals surface area contributed by atoms with E-state index >= 15 is 0 Å². The molecule has 0 N–H and O–H groups in total. The third-order valence-electron chi connectivity index (χ3n) is 3.10. The van der Waals surface area contributed by atoms with E-state index in [-0.39, 0.29) is 0 Å². The first-order valence-corrected chi connectivity index (χ1v) is 10.3. The van der Waals surface area contributed by atoms with Gasteiger partial charge in [-0.05, 0) is 18.9 Å². The van der Waals surface area contributed by atoms with E-state index in [0.29, 0.717) is 0 Å². The first-order valence-electron chi connectivity index (χ1n) is 7.12. The number of nitrogens with zero attached hydrogens (tertiary/aromatic N) is 1. The molecule has 4 heteroatoms. The Hall–Kier alpha value is -0.450. The Morgan fingerprint density at radius 1 is 1.20 bits per heavy atom.